The number of nitrogens with zero attached hydrogens (tertiary/aromatic N) is 4. The van der Waals surface area contributed by atoms with Gasteiger partial charge in [-0.25, -0.2) is 4.68 Å². The van der Waals surface area contributed by atoms with Gasteiger partial charge in [0.15, 0.2) is 5.69 Å². The second-order valence-corrected chi connectivity index (χ2v) is 4.89. The highest BCUT2D eigenvalue weighted by Gasteiger charge is 2.21. The van der Waals surface area contributed by atoms with Gasteiger partial charge in [0.05, 0.1) is 23.9 Å². The summed E-state index contributed by atoms with van der Waals surface area (Å²) in [5.41, 5.74) is 1.75. The van der Waals surface area contributed by atoms with Gasteiger partial charge in [0.2, 0.25) is 0 Å². The van der Waals surface area contributed by atoms with E-state index in [1.165, 1.54) is 0 Å². The van der Waals surface area contributed by atoms with Crippen LogP contribution in [0.3, 0.4) is 0 Å². The molecule has 106 valence electrons. The van der Waals surface area contributed by atoms with Gasteiger partial charge in [-0.3, -0.25) is 4.79 Å². The van der Waals surface area contributed by atoms with Crippen LogP contribution >= 0.6 is 0 Å². The number of carbonyl (C=O) groups excluding carboxylic acids is 1. The Morgan fingerprint density at radius 2 is 2.38 bits per heavy atom. The number of nitrogens with one attached hydrogen (secondary N) is 2. The zero-order chi connectivity index (χ0) is 14.7. The van der Waals surface area contributed by atoms with E-state index in [-0.39, 0.29) is 11.9 Å². The predicted octanol–water partition coefficient (Wildman–Crippen LogP) is 0.224. The molecule has 1 fully saturated rings. The molecule has 0 saturated carbocycles. The largest absolute Gasteiger partial charge is 0.347 e. The molecule has 21 heavy (non-hydrogen) atoms. The molecule has 7 heteroatoms. The molecular weight excluding hydrogens is 268 g/mol. The highest BCUT2D eigenvalue weighted by Crippen LogP contribution is 2.10. The minimum Gasteiger partial charge on any atom is -0.347 e. The number of amides is 1. The molecule has 1 aromatic carbocycles. The topological polar surface area (TPSA) is 95.6 Å². The maximum Gasteiger partial charge on any atom is 0.273 e. The number of hydrogen-bond acceptors (Lipinski definition) is 5. The molecule has 0 aliphatic carbocycles. The van der Waals surface area contributed by atoms with E-state index in [1.54, 1.807) is 29.1 Å². The van der Waals surface area contributed by atoms with Crippen LogP contribution in [-0.2, 0) is 6.54 Å². The van der Waals surface area contributed by atoms with Crippen molar-refractivity contribution in [1.82, 2.24) is 25.6 Å². The van der Waals surface area contributed by atoms with Crippen LogP contribution in [0.1, 0.15) is 27.7 Å². The molecule has 7 nitrogen and oxygen atoms in total. The van der Waals surface area contributed by atoms with Crippen molar-refractivity contribution in [3.8, 4) is 6.07 Å². The number of carbonyl (C=O) groups is 1. The highest BCUT2D eigenvalue weighted by atomic mass is 16.2. The van der Waals surface area contributed by atoms with Crippen LogP contribution in [0.15, 0.2) is 30.5 Å². The summed E-state index contributed by atoms with van der Waals surface area (Å²) >= 11 is 0. The highest BCUT2D eigenvalue weighted by molar-refractivity contribution is 5.91. The second kappa shape index (κ2) is 5.73. The summed E-state index contributed by atoms with van der Waals surface area (Å²) in [6, 6.07) is 9.48. The van der Waals surface area contributed by atoms with Gasteiger partial charge in [0.25, 0.3) is 5.91 Å². The van der Waals surface area contributed by atoms with Crippen molar-refractivity contribution in [1.29, 1.82) is 5.26 Å². The molecule has 1 aromatic heterocycles. The van der Waals surface area contributed by atoms with Gasteiger partial charge < -0.3 is 10.6 Å². The third-order valence-corrected chi connectivity index (χ3v) is 3.39. The van der Waals surface area contributed by atoms with Crippen LogP contribution in [-0.4, -0.2) is 34.0 Å². The fourth-order valence-corrected chi connectivity index (χ4v) is 2.04. The zero-order valence-electron chi connectivity index (χ0n) is 11.3. The summed E-state index contributed by atoms with van der Waals surface area (Å²) in [6.07, 6.45) is 1.66. The van der Waals surface area contributed by atoms with Crippen molar-refractivity contribution in [2.45, 2.75) is 12.6 Å². The maximum absolute atomic E-state index is 12.0. The summed E-state index contributed by atoms with van der Waals surface area (Å²) in [7, 11) is 0. The Balaban J connectivity index is 1.60. The van der Waals surface area contributed by atoms with Gasteiger partial charge in [0.1, 0.15) is 0 Å². The molecule has 0 unspecified atom stereocenters. The molecule has 0 bridgehead atoms. The fourth-order valence-electron chi connectivity index (χ4n) is 2.04. The van der Waals surface area contributed by atoms with E-state index < -0.39 is 0 Å². The summed E-state index contributed by atoms with van der Waals surface area (Å²) in [5, 5.41) is 22.6. The van der Waals surface area contributed by atoms with Gasteiger partial charge in [-0.2, -0.15) is 5.26 Å². The lowest BCUT2D eigenvalue weighted by molar-refractivity contribution is 0.0946. The standard InChI is InChI=1S/C14H14N6O/c15-5-10-2-1-3-11(4-10)6-17-14(21)13-9-20(19-18-13)12-7-16-8-12/h1-4,9,12,16H,6-8H2,(H,17,21). The first-order valence-electron chi connectivity index (χ1n) is 6.66. The van der Waals surface area contributed by atoms with Gasteiger partial charge in [-0.05, 0) is 17.7 Å². The van der Waals surface area contributed by atoms with Crippen LogP contribution in [0.4, 0.5) is 0 Å². The third-order valence-electron chi connectivity index (χ3n) is 3.39. The predicted molar refractivity (Wildman–Crippen MR) is 74.3 cm³/mol. The molecule has 3 rings (SSSR count). The normalized spacial score (nSPS) is 14.2. The zero-order valence-corrected chi connectivity index (χ0v) is 11.3. The minimum absolute atomic E-state index is 0.268. The SMILES string of the molecule is N#Cc1cccc(CNC(=O)c2cn(C3CNC3)nn2)c1. The quantitative estimate of drug-likeness (QED) is 0.836. The van der Waals surface area contributed by atoms with Crippen molar-refractivity contribution in [3.63, 3.8) is 0 Å². The van der Waals surface area contributed by atoms with E-state index in [0.29, 0.717) is 17.8 Å². The lowest BCUT2D eigenvalue weighted by Gasteiger charge is -2.26. The van der Waals surface area contributed by atoms with E-state index in [9.17, 15) is 4.79 Å². The molecule has 2 heterocycles. The summed E-state index contributed by atoms with van der Waals surface area (Å²) in [6.45, 7) is 2.06. The second-order valence-electron chi connectivity index (χ2n) is 4.89. The van der Waals surface area contributed by atoms with Crippen molar-refractivity contribution in [3.05, 3.63) is 47.3 Å². The third kappa shape index (κ3) is 2.90. The van der Waals surface area contributed by atoms with E-state index in [4.69, 9.17) is 5.26 Å². The molecule has 2 aromatic rings. The maximum atomic E-state index is 12.0. The Hall–Kier alpha value is -2.72. The number of benzene rings is 1. The molecule has 1 aliphatic heterocycles. The van der Waals surface area contributed by atoms with Crippen LogP contribution in [0.2, 0.25) is 0 Å². The lowest BCUT2D eigenvalue weighted by atomic mass is 10.1. The Morgan fingerprint density at radius 3 is 3.10 bits per heavy atom. The first-order valence-corrected chi connectivity index (χ1v) is 6.66. The van der Waals surface area contributed by atoms with Gasteiger partial charge in [-0.15, -0.1) is 5.10 Å². The van der Waals surface area contributed by atoms with Crippen LogP contribution in [0.5, 0.6) is 0 Å². The first kappa shape index (κ1) is 13.3. The summed E-state index contributed by atoms with van der Waals surface area (Å²) in [5.74, 6) is -0.268. The Morgan fingerprint density at radius 1 is 1.52 bits per heavy atom. The molecule has 0 spiro atoms. The summed E-state index contributed by atoms with van der Waals surface area (Å²) < 4.78 is 1.71. The molecule has 2 N–H and O–H groups in total. The molecular formula is C14H14N6O. The smallest absolute Gasteiger partial charge is 0.273 e. The van der Waals surface area contributed by atoms with E-state index in [1.807, 2.05) is 6.07 Å². The van der Waals surface area contributed by atoms with Crippen molar-refractivity contribution < 1.29 is 4.79 Å². The van der Waals surface area contributed by atoms with E-state index >= 15 is 0 Å². The average molecular weight is 282 g/mol. The Bertz CT molecular complexity index is 697. The Kier molecular flexibility index (Phi) is 3.62. The molecule has 0 radical (unpaired) electrons. The Labute approximate surface area is 121 Å². The monoisotopic (exact) mass is 282 g/mol. The van der Waals surface area contributed by atoms with Crippen molar-refractivity contribution >= 4 is 5.91 Å². The van der Waals surface area contributed by atoms with Gasteiger partial charge in [0, 0.05) is 19.6 Å². The molecule has 1 amide bonds. The molecule has 1 saturated heterocycles. The van der Waals surface area contributed by atoms with Gasteiger partial charge in [-0.1, -0.05) is 17.3 Å². The average Bonchev–Trinajstić information content (AvgIpc) is 2.92. The number of nitriles is 1. The molecule has 1 aliphatic rings. The van der Waals surface area contributed by atoms with Crippen molar-refractivity contribution in [2.75, 3.05) is 13.1 Å². The van der Waals surface area contributed by atoms with Crippen LogP contribution in [0, 0.1) is 11.3 Å². The first-order chi connectivity index (χ1) is 10.3. The lowest BCUT2D eigenvalue weighted by Crippen LogP contribution is -2.43. The van der Waals surface area contributed by atoms with E-state index in [2.05, 4.69) is 27.0 Å². The van der Waals surface area contributed by atoms with Crippen LogP contribution < -0.4 is 10.6 Å². The minimum atomic E-state index is -0.268. The fraction of sp³-hybridized carbons (Fsp3) is 0.286. The number of hydrogen-bond donors (Lipinski definition) is 2. The van der Waals surface area contributed by atoms with E-state index in [0.717, 1.165) is 18.7 Å². The summed E-state index contributed by atoms with van der Waals surface area (Å²) in [4.78, 5) is 12.0. The molecule has 0 atom stereocenters. The van der Waals surface area contributed by atoms with Gasteiger partial charge >= 0.3 is 0 Å². The van der Waals surface area contributed by atoms with Crippen LogP contribution in [0.25, 0.3) is 0 Å². The van der Waals surface area contributed by atoms with Crippen molar-refractivity contribution in [2.24, 2.45) is 0 Å². The number of rotatable bonds is 4. The number of aromatic nitrogens is 3.